The second kappa shape index (κ2) is 7.42. The van der Waals surface area contributed by atoms with Crippen LogP contribution >= 0.6 is 23.2 Å². The fourth-order valence-electron chi connectivity index (χ4n) is 2.12. The molecule has 2 heterocycles. The molecule has 122 valence electrons. The molecule has 0 aliphatic carbocycles. The summed E-state index contributed by atoms with van der Waals surface area (Å²) in [7, 11) is 0. The van der Waals surface area contributed by atoms with Crippen molar-refractivity contribution in [3.8, 4) is 11.4 Å². The van der Waals surface area contributed by atoms with E-state index in [9.17, 15) is 4.79 Å². The van der Waals surface area contributed by atoms with Crippen LogP contribution in [0.4, 0.5) is 5.95 Å². The van der Waals surface area contributed by atoms with Gasteiger partial charge in [0.15, 0.2) is 5.82 Å². The zero-order chi connectivity index (χ0) is 16.9. The van der Waals surface area contributed by atoms with Crippen molar-refractivity contribution < 1.29 is 4.79 Å². The van der Waals surface area contributed by atoms with Crippen molar-refractivity contribution in [2.75, 3.05) is 5.32 Å². The highest BCUT2D eigenvalue weighted by molar-refractivity contribution is 6.35. The zero-order valence-electron chi connectivity index (χ0n) is 12.5. The molecule has 1 amide bonds. The number of carbonyl (C=O) groups excluding carboxylic acids is 1. The van der Waals surface area contributed by atoms with Crippen molar-refractivity contribution in [3.63, 3.8) is 0 Å². The van der Waals surface area contributed by atoms with Crippen LogP contribution in [0.15, 0.2) is 42.7 Å². The summed E-state index contributed by atoms with van der Waals surface area (Å²) in [4.78, 5) is 20.2. The van der Waals surface area contributed by atoms with Gasteiger partial charge in [-0.2, -0.15) is 4.98 Å². The number of benzene rings is 1. The Balaban J connectivity index is 1.58. The first-order valence-electron chi connectivity index (χ1n) is 7.18. The molecule has 0 unspecified atom stereocenters. The maximum absolute atomic E-state index is 12.0. The number of amides is 1. The molecule has 6 nitrogen and oxygen atoms in total. The van der Waals surface area contributed by atoms with Crippen LogP contribution in [0.1, 0.15) is 12.0 Å². The lowest BCUT2D eigenvalue weighted by Crippen LogP contribution is -2.13. The van der Waals surface area contributed by atoms with E-state index in [1.165, 1.54) is 0 Å². The molecule has 0 radical (unpaired) electrons. The van der Waals surface area contributed by atoms with Crippen LogP contribution < -0.4 is 5.32 Å². The Kier molecular flexibility index (Phi) is 5.08. The number of aromatic nitrogens is 4. The Morgan fingerprint density at radius 3 is 2.71 bits per heavy atom. The lowest BCUT2D eigenvalue weighted by molar-refractivity contribution is -0.116. The van der Waals surface area contributed by atoms with Crippen molar-refractivity contribution in [3.05, 3.63) is 58.3 Å². The second-order valence-electron chi connectivity index (χ2n) is 5.03. The van der Waals surface area contributed by atoms with Gasteiger partial charge in [0.05, 0.1) is 0 Å². The van der Waals surface area contributed by atoms with Crippen molar-refractivity contribution in [1.29, 1.82) is 0 Å². The van der Waals surface area contributed by atoms with Crippen LogP contribution in [0.3, 0.4) is 0 Å². The Morgan fingerprint density at radius 2 is 1.96 bits per heavy atom. The van der Waals surface area contributed by atoms with Crippen LogP contribution in [0.5, 0.6) is 0 Å². The molecular formula is C16H13Cl2N5O. The molecule has 0 bridgehead atoms. The molecule has 0 atom stereocenters. The van der Waals surface area contributed by atoms with Gasteiger partial charge >= 0.3 is 0 Å². The summed E-state index contributed by atoms with van der Waals surface area (Å²) in [6.07, 6.45) is 4.09. The van der Waals surface area contributed by atoms with Crippen LogP contribution in [-0.2, 0) is 11.2 Å². The first-order valence-corrected chi connectivity index (χ1v) is 7.94. The molecular weight excluding hydrogens is 349 g/mol. The number of nitrogens with zero attached hydrogens (tertiary/aromatic N) is 3. The van der Waals surface area contributed by atoms with Gasteiger partial charge in [0.2, 0.25) is 11.9 Å². The van der Waals surface area contributed by atoms with E-state index in [0.29, 0.717) is 22.3 Å². The number of pyridine rings is 1. The number of aryl methyl sites for hydroxylation is 1. The van der Waals surface area contributed by atoms with Crippen LogP contribution in [0.25, 0.3) is 11.4 Å². The average Bonchev–Trinajstić information content (AvgIpc) is 3.03. The third-order valence-electron chi connectivity index (χ3n) is 3.33. The number of halogens is 2. The molecule has 8 heteroatoms. The highest BCUT2D eigenvalue weighted by atomic mass is 35.5. The summed E-state index contributed by atoms with van der Waals surface area (Å²) >= 11 is 11.9. The maximum Gasteiger partial charge on any atom is 0.249 e. The van der Waals surface area contributed by atoms with Crippen LogP contribution in [0, 0.1) is 0 Å². The summed E-state index contributed by atoms with van der Waals surface area (Å²) in [6, 6.07) is 8.82. The molecule has 0 saturated heterocycles. The Hall–Kier alpha value is -2.44. The number of aromatic amines is 1. The highest BCUT2D eigenvalue weighted by Crippen LogP contribution is 2.22. The normalized spacial score (nSPS) is 10.6. The largest absolute Gasteiger partial charge is 0.293 e. The van der Waals surface area contributed by atoms with Gasteiger partial charge in [-0.1, -0.05) is 29.3 Å². The fourth-order valence-corrected chi connectivity index (χ4v) is 2.62. The lowest BCUT2D eigenvalue weighted by atomic mass is 10.1. The summed E-state index contributed by atoms with van der Waals surface area (Å²) in [6.45, 7) is 0. The van der Waals surface area contributed by atoms with E-state index >= 15 is 0 Å². The smallest absolute Gasteiger partial charge is 0.249 e. The minimum Gasteiger partial charge on any atom is -0.293 e. The van der Waals surface area contributed by atoms with Crippen molar-refractivity contribution in [2.45, 2.75) is 12.8 Å². The van der Waals surface area contributed by atoms with E-state index in [2.05, 4.69) is 25.5 Å². The molecule has 0 aliphatic heterocycles. The van der Waals surface area contributed by atoms with E-state index in [1.54, 1.807) is 36.7 Å². The summed E-state index contributed by atoms with van der Waals surface area (Å²) in [5.74, 6) is 0.601. The third-order valence-corrected chi connectivity index (χ3v) is 3.91. The van der Waals surface area contributed by atoms with E-state index < -0.39 is 0 Å². The Morgan fingerprint density at radius 1 is 1.17 bits per heavy atom. The van der Waals surface area contributed by atoms with Crippen LogP contribution in [0.2, 0.25) is 10.0 Å². The molecule has 1 aromatic carbocycles. The predicted molar refractivity (Wildman–Crippen MR) is 93.0 cm³/mol. The molecule has 2 aromatic heterocycles. The van der Waals surface area contributed by atoms with Gasteiger partial charge in [0, 0.05) is 34.4 Å². The molecule has 0 fully saturated rings. The topological polar surface area (TPSA) is 83.6 Å². The van der Waals surface area contributed by atoms with Gasteiger partial charge in [0.1, 0.15) is 0 Å². The first-order chi connectivity index (χ1) is 11.6. The summed E-state index contributed by atoms with van der Waals surface area (Å²) in [5, 5.41) is 10.5. The molecule has 3 rings (SSSR count). The molecule has 2 N–H and O–H groups in total. The van der Waals surface area contributed by atoms with Crippen molar-refractivity contribution in [1.82, 2.24) is 20.2 Å². The number of hydrogen-bond acceptors (Lipinski definition) is 4. The lowest BCUT2D eigenvalue weighted by Gasteiger charge is -2.04. The Bertz CT molecular complexity index is 851. The number of H-pyrrole nitrogens is 1. The van der Waals surface area contributed by atoms with E-state index in [-0.39, 0.29) is 18.3 Å². The molecule has 0 saturated carbocycles. The Labute approximate surface area is 148 Å². The van der Waals surface area contributed by atoms with E-state index in [1.807, 2.05) is 6.07 Å². The summed E-state index contributed by atoms with van der Waals surface area (Å²) in [5.41, 5.74) is 1.70. The minimum atomic E-state index is -0.193. The number of hydrogen-bond donors (Lipinski definition) is 2. The van der Waals surface area contributed by atoms with Gasteiger partial charge < -0.3 is 0 Å². The number of nitrogens with one attached hydrogen (secondary N) is 2. The predicted octanol–water partition coefficient (Wildman–Crippen LogP) is 3.74. The summed E-state index contributed by atoms with van der Waals surface area (Å²) < 4.78 is 0. The van der Waals surface area contributed by atoms with Gasteiger partial charge in [0.25, 0.3) is 0 Å². The van der Waals surface area contributed by atoms with Crippen molar-refractivity contribution in [2.24, 2.45) is 0 Å². The van der Waals surface area contributed by atoms with Gasteiger partial charge in [-0.05, 0) is 36.2 Å². The average molecular weight is 362 g/mol. The zero-order valence-corrected chi connectivity index (χ0v) is 14.0. The third kappa shape index (κ3) is 4.10. The SMILES string of the molecule is O=C(CCc1ccc(Cl)cc1Cl)Nc1n[nH]c(-c2ccncc2)n1. The standard InChI is InChI=1S/C16H13Cl2N5O/c17-12-3-1-10(13(18)9-12)2-4-14(24)20-16-21-15(22-23-16)11-5-7-19-8-6-11/h1,3,5-9H,2,4H2,(H2,20,21,22,23,24). The molecule has 24 heavy (non-hydrogen) atoms. The number of anilines is 1. The van der Waals surface area contributed by atoms with Crippen molar-refractivity contribution >= 4 is 35.1 Å². The van der Waals surface area contributed by atoms with Gasteiger partial charge in [-0.15, -0.1) is 5.10 Å². The minimum absolute atomic E-state index is 0.193. The first kappa shape index (κ1) is 16.4. The van der Waals surface area contributed by atoms with Gasteiger partial charge in [-0.25, -0.2) is 0 Å². The monoisotopic (exact) mass is 361 g/mol. The van der Waals surface area contributed by atoms with Gasteiger partial charge in [-0.3, -0.25) is 20.2 Å². The quantitative estimate of drug-likeness (QED) is 0.724. The fraction of sp³-hybridized carbons (Fsp3) is 0.125. The van der Waals surface area contributed by atoms with Crippen LogP contribution in [-0.4, -0.2) is 26.1 Å². The number of rotatable bonds is 5. The molecule has 0 aliphatic rings. The maximum atomic E-state index is 12.0. The second-order valence-corrected chi connectivity index (χ2v) is 5.87. The van der Waals surface area contributed by atoms with E-state index in [0.717, 1.165) is 11.1 Å². The number of carbonyl (C=O) groups is 1. The molecule has 3 aromatic rings. The highest BCUT2D eigenvalue weighted by Gasteiger charge is 2.10. The molecule has 0 spiro atoms. The van der Waals surface area contributed by atoms with E-state index in [4.69, 9.17) is 23.2 Å².